The van der Waals surface area contributed by atoms with Gasteiger partial charge in [-0.15, -0.1) is 0 Å². The number of nitrogens with zero attached hydrogens (tertiary/aromatic N) is 3. The van der Waals surface area contributed by atoms with Crippen molar-refractivity contribution in [3.05, 3.63) is 65.7 Å². The number of anilines is 1. The number of benzene rings is 2. The lowest BCUT2D eigenvalue weighted by Gasteiger charge is -2.49. The molecule has 0 aromatic heterocycles. The standard InChI is InChI=1S/C33H45N3O/c37-33-35(25-27-14-6-2-7-15-27)31-19-11-10-18-30(31)32(28-16-8-3-9-17-28)36(33)29-20-22-34(23-21-29)24-26-12-4-1-5-13-26/h3,8-11,16-19,26-27,29,32H,1-2,4-7,12-15,20-25H2. The van der Waals surface area contributed by atoms with E-state index >= 15 is 0 Å². The Bertz CT molecular complexity index is 1020. The normalized spacial score (nSPS) is 24.9. The lowest BCUT2D eigenvalue weighted by atomic mass is 9.86. The molecular weight excluding hydrogens is 454 g/mol. The van der Waals surface area contributed by atoms with Gasteiger partial charge in [-0.1, -0.05) is 87.1 Å². The molecule has 2 aliphatic carbocycles. The summed E-state index contributed by atoms with van der Waals surface area (Å²) in [5.41, 5.74) is 3.68. The van der Waals surface area contributed by atoms with Gasteiger partial charge in [0.15, 0.2) is 0 Å². The lowest BCUT2D eigenvalue weighted by Crippen LogP contribution is -2.57. The van der Waals surface area contributed by atoms with E-state index in [-0.39, 0.29) is 12.1 Å². The number of likely N-dealkylation sites (tertiary alicyclic amines) is 1. The Morgan fingerprint density at radius 2 is 1.24 bits per heavy atom. The van der Waals surface area contributed by atoms with E-state index < -0.39 is 0 Å². The van der Waals surface area contributed by atoms with Crippen LogP contribution in [0.5, 0.6) is 0 Å². The van der Waals surface area contributed by atoms with Gasteiger partial charge in [-0.25, -0.2) is 4.79 Å². The molecule has 3 fully saturated rings. The van der Waals surface area contributed by atoms with Crippen molar-refractivity contribution in [1.82, 2.24) is 9.80 Å². The van der Waals surface area contributed by atoms with Crippen molar-refractivity contribution in [1.29, 1.82) is 0 Å². The molecule has 1 unspecified atom stereocenters. The Kier molecular flexibility index (Phi) is 7.83. The Hall–Kier alpha value is -2.33. The summed E-state index contributed by atoms with van der Waals surface area (Å²) >= 11 is 0. The van der Waals surface area contributed by atoms with Crippen LogP contribution in [0.3, 0.4) is 0 Å². The molecule has 2 saturated carbocycles. The van der Waals surface area contributed by atoms with Gasteiger partial charge in [0, 0.05) is 37.8 Å². The van der Waals surface area contributed by atoms with E-state index in [0.717, 1.165) is 44.1 Å². The Balaban J connectivity index is 1.27. The number of para-hydroxylation sites is 1. The first-order chi connectivity index (χ1) is 18.3. The second kappa shape index (κ2) is 11.6. The number of fused-ring (bicyclic) bond motifs is 1. The highest BCUT2D eigenvalue weighted by Gasteiger charge is 2.43. The summed E-state index contributed by atoms with van der Waals surface area (Å²) in [7, 11) is 0. The van der Waals surface area contributed by atoms with Gasteiger partial charge in [0.2, 0.25) is 0 Å². The summed E-state index contributed by atoms with van der Waals surface area (Å²) < 4.78 is 0. The second-order valence-electron chi connectivity index (χ2n) is 12.2. The highest BCUT2D eigenvalue weighted by atomic mass is 16.2. The summed E-state index contributed by atoms with van der Waals surface area (Å²) in [5.74, 6) is 1.51. The minimum Gasteiger partial charge on any atom is -0.310 e. The van der Waals surface area contributed by atoms with Gasteiger partial charge >= 0.3 is 6.03 Å². The molecule has 2 aromatic rings. The fourth-order valence-electron chi connectivity index (χ4n) is 7.73. The number of amides is 2. The van der Waals surface area contributed by atoms with E-state index in [1.54, 1.807) is 0 Å². The molecule has 6 rings (SSSR count). The summed E-state index contributed by atoms with van der Waals surface area (Å²) in [6, 6.07) is 20.1. The van der Waals surface area contributed by atoms with E-state index in [1.165, 1.54) is 81.9 Å². The molecule has 0 N–H and O–H groups in total. The van der Waals surface area contributed by atoms with Gasteiger partial charge in [-0.05, 0) is 62.0 Å². The number of carbonyl (C=O) groups is 1. The van der Waals surface area contributed by atoms with Crippen LogP contribution < -0.4 is 4.90 Å². The molecule has 0 radical (unpaired) electrons. The van der Waals surface area contributed by atoms with Crippen molar-refractivity contribution in [2.45, 2.75) is 89.1 Å². The third-order valence-electron chi connectivity index (χ3n) is 9.72. The van der Waals surface area contributed by atoms with Crippen molar-refractivity contribution in [2.75, 3.05) is 31.1 Å². The number of piperidine rings is 1. The molecule has 2 aliphatic heterocycles. The first-order valence-corrected chi connectivity index (χ1v) is 15.2. The molecule has 1 saturated heterocycles. The van der Waals surface area contributed by atoms with Crippen LogP contribution in [-0.2, 0) is 0 Å². The smallest absolute Gasteiger partial charge is 0.310 e. The molecule has 198 valence electrons. The molecule has 37 heavy (non-hydrogen) atoms. The maximum atomic E-state index is 14.5. The highest BCUT2D eigenvalue weighted by Crippen LogP contribution is 2.44. The number of hydrogen-bond donors (Lipinski definition) is 0. The van der Waals surface area contributed by atoms with Crippen molar-refractivity contribution in [2.24, 2.45) is 11.8 Å². The van der Waals surface area contributed by atoms with Crippen LogP contribution in [0, 0.1) is 11.8 Å². The van der Waals surface area contributed by atoms with Gasteiger partial charge in [0.1, 0.15) is 0 Å². The third-order valence-corrected chi connectivity index (χ3v) is 9.72. The first kappa shape index (κ1) is 25.0. The van der Waals surface area contributed by atoms with E-state index in [9.17, 15) is 4.79 Å². The minimum absolute atomic E-state index is 0.00222. The fraction of sp³-hybridized carbons (Fsp3) is 0.606. The molecule has 0 spiro atoms. The van der Waals surface area contributed by atoms with Crippen LogP contribution in [-0.4, -0.2) is 48.1 Å². The Morgan fingerprint density at radius 3 is 1.92 bits per heavy atom. The van der Waals surface area contributed by atoms with Crippen molar-refractivity contribution in [3.63, 3.8) is 0 Å². The number of rotatable bonds is 6. The number of urea groups is 1. The zero-order valence-corrected chi connectivity index (χ0v) is 22.6. The quantitative estimate of drug-likeness (QED) is 0.408. The van der Waals surface area contributed by atoms with Crippen molar-refractivity contribution >= 4 is 11.7 Å². The first-order valence-electron chi connectivity index (χ1n) is 15.2. The molecule has 4 aliphatic rings. The Labute approximate surface area is 224 Å². The fourth-order valence-corrected chi connectivity index (χ4v) is 7.73. The molecule has 2 aromatic carbocycles. The summed E-state index contributed by atoms with van der Waals surface area (Å²) in [5, 5.41) is 0. The molecular formula is C33H45N3O. The van der Waals surface area contributed by atoms with Crippen LogP contribution in [0.15, 0.2) is 54.6 Å². The van der Waals surface area contributed by atoms with Crippen molar-refractivity contribution in [3.8, 4) is 0 Å². The van der Waals surface area contributed by atoms with Crippen LogP contribution in [0.4, 0.5) is 10.5 Å². The number of carbonyl (C=O) groups excluding carboxylic acids is 1. The van der Waals surface area contributed by atoms with Gasteiger partial charge in [-0.3, -0.25) is 4.90 Å². The predicted octanol–water partition coefficient (Wildman–Crippen LogP) is 7.64. The zero-order chi connectivity index (χ0) is 25.0. The van der Waals surface area contributed by atoms with Crippen LogP contribution in [0.1, 0.15) is 94.2 Å². The van der Waals surface area contributed by atoms with E-state index in [2.05, 4.69) is 69.3 Å². The maximum Gasteiger partial charge on any atom is 0.325 e. The van der Waals surface area contributed by atoms with Crippen LogP contribution in [0.2, 0.25) is 0 Å². The largest absolute Gasteiger partial charge is 0.325 e. The van der Waals surface area contributed by atoms with Gasteiger partial charge in [0.05, 0.1) is 11.7 Å². The summed E-state index contributed by atoms with van der Waals surface area (Å²) in [4.78, 5) is 21.7. The maximum absolute atomic E-state index is 14.5. The number of hydrogen-bond acceptors (Lipinski definition) is 2. The monoisotopic (exact) mass is 499 g/mol. The molecule has 2 amide bonds. The van der Waals surface area contributed by atoms with E-state index in [0.29, 0.717) is 12.0 Å². The van der Waals surface area contributed by atoms with Crippen LogP contribution >= 0.6 is 0 Å². The summed E-state index contributed by atoms with van der Waals surface area (Å²) in [6.45, 7) is 4.38. The zero-order valence-electron chi connectivity index (χ0n) is 22.6. The molecule has 2 heterocycles. The second-order valence-corrected chi connectivity index (χ2v) is 12.2. The van der Waals surface area contributed by atoms with Crippen molar-refractivity contribution < 1.29 is 4.79 Å². The Morgan fingerprint density at radius 1 is 0.649 bits per heavy atom. The van der Waals surface area contributed by atoms with E-state index in [4.69, 9.17) is 0 Å². The third kappa shape index (κ3) is 5.46. The average Bonchev–Trinajstić information content (AvgIpc) is 2.96. The molecule has 1 atom stereocenters. The van der Waals surface area contributed by atoms with Gasteiger partial charge in [0.25, 0.3) is 0 Å². The van der Waals surface area contributed by atoms with Crippen LogP contribution in [0.25, 0.3) is 0 Å². The lowest BCUT2D eigenvalue weighted by molar-refractivity contribution is 0.0921. The minimum atomic E-state index is 0.00222. The average molecular weight is 500 g/mol. The molecule has 4 heteroatoms. The highest BCUT2D eigenvalue weighted by molar-refractivity contribution is 5.96. The summed E-state index contributed by atoms with van der Waals surface area (Å²) in [6.07, 6.45) is 15.7. The molecule has 4 nitrogen and oxygen atoms in total. The van der Waals surface area contributed by atoms with E-state index in [1.807, 2.05) is 0 Å². The van der Waals surface area contributed by atoms with Gasteiger partial charge < -0.3 is 9.80 Å². The topological polar surface area (TPSA) is 26.8 Å². The SMILES string of the molecule is O=C1N(CC2CCCCC2)c2ccccc2C(c2ccccc2)N1C1CCN(CC2CCCCC2)CC1. The predicted molar refractivity (Wildman–Crippen MR) is 152 cm³/mol. The molecule has 0 bridgehead atoms. The van der Waals surface area contributed by atoms with Gasteiger partial charge in [-0.2, -0.15) is 0 Å².